The zero-order valence-corrected chi connectivity index (χ0v) is 11.5. The highest BCUT2D eigenvalue weighted by Crippen LogP contribution is 2.33. The number of aromatic nitrogens is 2. The maximum absolute atomic E-state index is 10.4. The number of benzene rings is 1. The van der Waals surface area contributed by atoms with Gasteiger partial charge in [0, 0.05) is 5.56 Å². The number of hydrogen-bond acceptors (Lipinski definition) is 3. The second kappa shape index (κ2) is 5.03. The number of halogens is 1. The molecule has 1 unspecified atom stereocenters. The molecule has 2 aromatic heterocycles. The minimum atomic E-state index is -0.863. The first-order valence-corrected chi connectivity index (χ1v) is 6.56. The fourth-order valence-corrected chi connectivity index (χ4v) is 2.40. The van der Waals surface area contributed by atoms with Crippen LogP contribution in [-0.2, 0) is 0 Å². The number of H-pyrrole nitrogens is 1. The molecule has 0 aliphatic carbocycles. The molecule has 1 atom stereocenters. The second-order valence-corrected chi connectivity index (χ2v) is 4.96. The van der Waals surface area contributed by atoms with Crippen LogP contribution in [0, 0.1) is 0 Å². The Hall–Kier alpha value is -1.85. The lowest BCUT2D eigenvalue weighted by Crippen LogP contribution is -1.99. The molecular formula is C14H11BrN2O2. The fourth-order valence-electron chi connectivity index (χ4n) is 1.98. The van der Waals surface area contributed by atoms with Crippen LogP contribution in [0.4, 0.5) is 0 Å². The lowest BCUT2D eigenvalue weighted by molar-refractivity contribution is 0.189. The van der Waals surface area contributed by atoms with Crippen molar-refractivity contribution >= 4 is 15.9 Å². The second-order valence-electron chi connectivity index (χ2n) is 4.10. The Labute approximate surface area is 118 Å². The molecule has 2 N–H and O–H groups in total. The topological polar surface area (TPSA) is 62.1 Å². The summed E-state index contributed by atoms with van der Waals surface area (Å²) < 4.78 is 6.04. The van der Waals surface area contributed by atoms with Crippen molar-refractivity contribution in [2.24, 2.45) is 0 Å². The molecule has 0 radical (unpaired) electrons. The number of hydrogen-bond donors (Lipinski definition) is 2. The van der Waals surface area contributed by atoms with E-state index in [2.05, 4.69) is 26.1 Å². The van der Waals surface area contributed by atoms with E-state index in [0.717, 1.165) is 15.7 Å². The smallest absolute Gasteiger partial charge is 0.151 e. The van der Waals surface area contributed by atoms with Crippen molar-refractivity contribution in [3.05, 3.63) is 64.7 Å². The molecule has 0 bridgehead atoms. The zero-order chi connectivity index (χ0) is 13.2. The summed E-state index contributed by atoms with van der Waals surface area (Å²) in [6, 6.07) is 11.5. The van der Waals surface area contributed by atoms with Gasteiger partial charge in [0.2, 0.25) is 0 Å². The number of nitrogens with zero attached hydrogens (tertiary/aromatic N) is 1. The molecule has 19 heavy (non-hydrogen) atoms. The Kier molecular flexibility index (Phi) is 3.23. The van der Waals surface area contributed by atoms with Crippen LogP contribution in [0.25, 0.3) is 11.3 Å². The first kappa shape index (κ1) is 12.2. The molecule has 96 valence electrons. The first-order chi connectivity index (χ1) is 9.27. The van der Waals surface area contributed by atoms with E-state index in [4.69, 9.17) is 4.42 Å². The summed E-state index contributed by atoms with van der Waals surface area (Å²) >= 11 is 3.35. The third-order valence-electron chi connectivity index (χ3n) is 2.92. The Morgan fingerprint density at radius 2 is 2.00 bits per heavy atom. The van der Waals surface area contributed by atoms with Crippen molar-refractivity contribution in [2.45, 2.75) is 6.10 Å². The van der Waals surface area contributed by atoms with Crippen molar-refractivity contribution in [3.63, 3.8) is 0 Å². The standard InChI is InChI=1S/C14H11BrN2O2/c15-11-6-7-19-14(11)13(18)10-8-16-17-12(10)9-4-2-1-3-5-9/h1-8,13,18H,(H,16,17). The summed E-state index contributed by atoms with van der Waals surface area (Å²) in [4.78, 5) is 0. The molecular weight excluding hydrogens is 308 g/mol. The molecule has 1 aromatic carbocycles. The van der Waals surface area contributed by atoms with Gasteiger partial charge in [-0.1, -0.05) is 30.3 Å². The van der Waals surface area contributed by atoms with Gasteiger partial charge in [-0.25, -0.2) is 0 Å². The van der Waals surface area contributed by atoms with Gasteiger partial charge < -0.3 is 9.52 Å². The largest absolute Gasteiger partial charge is 0.465 e. The monoisotopic (exact) mass is 318 g/mol. The molecule has 0 fully saturated rings. The Balaban J connectivity index is 2.04. The summed E-state index contributed by atoms with van der Waals surface area (Å²) in [7, 11) is 0. The van der Waals surface area contributed by atoms with Crippen LogP contribution in [0.3, 0.4) is 0 Å². The van der Waals surface area contributed by atoms with Crippen LogP contribution in [0.2, 0.25) is 0 Å². The number of nitrogens with one attached hydrogen (secondary N) is 1. The molecule has 3 aromatic rings. The predicted octanol–water partition coefficient (Wildman–Crippen LogP) is 3.51. The van der Waals surface area contributed by atoms with Crippen molar-refractivity contribution in [3.8, 4) is 11.3 Å². The highest BCUT2D eigenvalue weighted by atomic mass is 79.9. The van der Waals surface area contributed by atoms with Gasteiger partial charge in [0.15, 0.2) is 5.76 Å². The van der Waals surface area contributed by atoms with Gasteiger partial charge in [0.05, 0.1) is 22.6 Å². The van der Waals surface area contributed by atoms with E-state index in [1.807, 2.05) is 30.3 Å². The highest BCUT2D eigenvalue weighted by molar-refractivity contribution is 9.10. The van der Waals surface area contributed by atoms with E-state index in [-0.39, 0.29) is 0 Å². The third-order valence-corrected chi connectivity index (χ3v) is 3.57. The number of furan rings is 1. The highest BCUT2D eigenvalue weighted by Gasteiger charge is 2.22. The molecule has 0 aliphatic heterocycles. The SMILES string of the molecule is OC(c1cn[nH]c1-c1ccccc1)c1occc1Br. The van der Waals surface area contributed by atoms with E-state index in [0.29, 0.717) is 11.3 Å². The van der Waals surface area contributed by atoms with Gasteiger partial charge >= 0.3 is 0 Å². The minimum absolute atomic E-state index is 0.471. The van der Waals surface area contributed by atoms with Crippen molar-refractivity contribution in [1.82, 2.24) is 10.2 Å². The summed E-state index contributed by atoms with van der Waals surface area (Å²) in [5.41, 5.74) is 2.44. The average Bonchev–Trinajstić information content (AvgIpc) is 3.07. The minimum Gasteiger partial charge on any atom is -0.465 e. The zero-order valence-electron chi connectivity index (χ0n) is 9.88. The molecule has 0 saturated carbocycles. The molecule has 0 aliphatic rings. The maximum atomic E-state index is 10.4. The van der Waals surface area contributed by atoms with Crippen LogP contribution < -0.4 is 0 Å². The number of aliphatic hydroxyl groups excluding tert-OH is 1. The molecule has 2 heterocycles. The molecule has 0 spiro atoms. The Morgan fingerprint density at radius 3 is 2.68 bits per heavy atom. The van der Waals surface area contributed by atoms with Gasteiger partial charge in [-0.3, -0.25) is 5.10 Å². The van der Waals surface area contributed by atoms with E-state index < -0.39 is 6.10 Å². The maximum Gasteiger partial charge on any atom is 0.151 e. The van der Waals surface area contributed by atoms with Gasteiger partial charge in [-0.15, -0.1) is 0 Å². The average molecular weight is 319 g/mol. The lowest BCUT2D eigenvalue weighted by atomic mass is 10.0. The van der Waals surface area contributed by atoms with E-state index in [1.54, 1.807) is 12.3 Å². The van der Waals surface area contributed by atoms with Gasteiger partial charge in [0.25, 0.3) is 0 Å². The van der Waals surface area contributed by atoms with E-state index in [9.17, 15) is 5.11 Å². The lowest BCUT2D eigenvalue weighted by Gasteiger charge is -2.09. The first-order valence-electron chi connectivity index (χ1n) is 5.77. The third kappa shape index (κ3) is 2.22. The predicted molar refractivity (Wildman–Crippen MR) is 74.5 cm³/mol. The normalized spacial score (nSPS) is 12.5. The van der Waals surface area contributed by atoms with E-state index in [1.165, 1.54) is 6.26 Å². The number of aliphatic hydroxyl groups is 1. The van der Waals surface area contributed by atoms with Crippen LogP contribution in [0.15, 0.2) is 57.7 Å². The van der Waals surface area contributed by atoms with Crippen molar-refractivity contribution in [1.29, 1.82) is 0 Å². The van der Waals surface area contributed by atoms with Gasteiger partial charge in [0.1, 0.15) is 6.10 Å². The molecule has 0 saturated heterocycles. The summed E-state index contributed by atoms with van der Waals surface area (Å²) in [6.45, 7) is 0. The quantitative estimate of drug-likeness (QED) is 0.776. The number of rotatable bonds is 3. The fraction of sp³-hybridized carbons (Fsp3) is 0.0714. The van der Waals surface area contributed by atoms with Crippen molar-refractivity contribution < 1.29 is 9.52 Å². The molecule has 4 nitrogen and oxygen atoms in total. The van der Waals surface area contributed by atoms with Crippen molar-refractivity contribution in [2.75, 3.05) is 0 Å². The van der Waals surface area contributed by atoms with Crippen LogP contribution in [0.1, 0.15) is 17.4 Å². The molecule has 5 heteroatoms. The number of aromatic amines is 1. The van der Waals surface area contributed by atoms with E-state index >= 15 is 0 Å². The summed E-state index contributed by atoms with van der Waals surface area (Å²) in [5, 5.41) is 17.3. The Bertz CT molecular complexity index is 676. The Morgan fingerprint density at radius 1 is 1.21 bits per heavy atom. The molecule has 0 amide bonds. The summed E-state index contributed by atoms with van der Waals surface area (Å²) in [5.74, 6) is 0.471. The summed E-state index contributed by atoms with van der Waals surface area (Å²) in [6.07, 6.45) is 2.28. The van der Waals surface area contributed by atoms with Crippen LogP contribution in [0.5, 0.6) is 0 Å². The van der Waals surface area contributed by atoms with Crippen LogP contribution in [-0.4, -0.2) is 15.3 Å². The van der Waals surface area contributed by atoms with Gasteiger partial charge in [-0.2, -0.15) is 5.10 Å². The van der Waals surface area contributed by atoms with Crippen LogP contribution >= 0.6 is 15.9 Å². The molecule has 3 rings (SSSR count). The van der Waals surface area contributed by atoms with Gasteiger partial charge in [-0.05, 0) is 27.6 Å².